The number of benzene rings is 2. The van der Waals surface area contributed by atoms with Crippen molar-refractivity contribution >= 4 is 97.5 Å². The summed E-state index contributed by atoms with van der Waals surface area (Å²) in [7, 11) is 0. The molecule has 0 fully saturated rings. The molecule has 11 heteroatoms. The Hall–Kier alpha value is -0.130. The van der Waals surface area contributed by atoms with Gasteiger partial charge in [0.2, 0.25) is 5.91 Å². The molecule has 2 aromatic carbocycles. The van der Waals surface area contributed by atoms with Crippen LogP contribution < -0.4 is 4.90 Å². The number of carbonyl (C=O) groups excluding carboxylic acids is 1. The van der Waals surface area contributed by atoms with Crippen LogP contribution in [-0.2, 0) is 11.3 Å². The summed E-state index contributed by atoms with van der Waals surface area (Å²) in [5, 5.41) is 38.9. The number of amides is 1. The molecule has 166 valence electrons. The lowest BCUT2D eigenvalue weighted by molar-refractivity contribution is -0.115. The molecular formula is C19H22ClI3N2O5. The molecule has 0 aliphatic carbocycles. The van der Waals surface area contributed by atoms with Crippen molar-refractivity contribution in [3.8, 4) is 11.5 Å². The molecule has 0 unspecified atom stereocenters. The molecule has 0 aliphatic heterocycles. The van der Waals surface area contributed by atoms with E-state index in [0.29, 0.717) is 25.3 Å². The van der Waals surface area contributed by atoms with Crippen molar-refractivity contribution < 1.29 is 25.2 Å². The van der Waals surface area contributed by atoms with Gasteiger partial charge in [-0.05, 0) is 91.5 Å². The first-order chi connectivity index (χ1) is 13.7. The first kappa shape index (κ1) is 27.9. The summed E-state index contributed by atoms with van der Waals surface area (Å²) in [6.45, 7) is 2.66. The highest BCUT2D eigenvalue weighted by atomic mass is 127. The van der Waals surface area contributed by atoms with Crippen molar-refractivity contribution in [3.05, 3.63) is 40.5 Å². The zero-order valence-electron chi connectivity index (χ0n) is 16.0. The van der Waals surface area contributed by atoms with E-state index in [1.807, 2.05) is 11.0 Å². The Balaban J connectivity index is 0.00000450. The fraction of sp³-hybridized carbons (Fsp3) is 0.316. The number of halogens is 4. The van der Waals surface area contributed by atoms with E-state index in [-0.39, 0.29) is 48.7 Å². The Morgan fingerprint density at radius 3 is 2.17 bits per heavy atom. The van der Waals surface area contributed by atoms with E-state index in [1.54, 1.807) is 12.1 Å². The Morgan fingerprint density at radius 2 is 1.63 bits per heavy atom. The predicted octanol–water partition coefficient (Wildman–Crippen LogP) is 3.80. The van der Waals surface area contributed by atoms with E-state index in [4.69, 9.17) is 0 Å². The van der Waals surface area contributed by atoms with Crippen LogP contribution in [0, 0.1) is 10.7 Å². The maximum Gasteiger partial charge on any atom is 0.228 e. The van der Waals surface area contributed by atoms with Gasteiger partial charge in [0.1, 0.15) is 0 Å². The van der Waals surface area contributed by atoms with Crippen molar-refractivity contribution in [1.29, 1.82) is 0 Å². The van der Waals surface area contributed by atoms with Gasteiger partial charge in [0.25, 0.3) is 0 Å². The van der Waals surface area contributed by atoms with Crippen LogP contribution in [0.15, 0.2) is 24.3 Å². The third kappa shape index (κ3) is 6.45. The van der Waals surface area contributed by atoms with E-state index >= 15 is 0 Å². The number of hydrogen-bond donors (Lipinski definition) is 4. The highest BCUT2D eigenvalue weighted by molar-refractivity contribution is 14.1. The van der Waals surface area contributed by atoms with E-state index in [9.17, 15) is 25.2 Å². The maximum atomic E-state index is 12.6. The van der Waals surface area contributed by atoms with E-state index < -0.39 is 0 Å². The van der Waals surface area contributed by atoms with Crippen LogP contribution in [0.1, 0.15) is 12.5 Å². The Kier molecular flexibility index (Phi) is 11.9. The summed E-state index contributed by atoms with van der Waals surface area (Å²) >= 11 is 6.56. The Bertz CT molecular complexity index is 895. The predicted molar refractivity (Wildman–Crippen MR) is 144 cm³/mol. The average Bonchev–Trinajstić information content (AvgIpc) is 2.65. The third-order valence-electron chi connectivity index (χ3n) is 4.23. The number of phenols is 2. The minimum Gasteiger partial charge on any atom is -0.504 e. The lowest BCUT2D eigenvalue weighted by atomic mass is 10.1. The number of aliphatic hydroxyl groups excluding tert-OH is 2. The van der Waals surface area contributed by atoms with Gasteiger partial charge in [0.15, 0.2) is 11.5 Å². The minimum absolute atomic E-state index is 0. The van der Waals surface area contributed by atoms with Gasteiger partial charge < -0.3 is 20.4 Å². The molecule has 0 bridgehead atoms. The summed E-state index contributed by atoms with van der Waals surface area (Å²) in [6.07, 6.45) is 0. The zero-order chi connectivity index (χ0) is 21.7. The Morgan fingerprint density at radius 1 is 1.03 bits per heavy atom. The number of aliphatic hydroxyl groups is 2. The van der Waals surface area contributed by atoms with Gasteiger partial charge >= 0.3 is 0 Å². The number of anilines is 2. The normalized spacial score (nSPS) is 10.8. The lowest BCUT2D eigenvalue weighted by Crippen LogP contribution is -2.31. The van der Waals surface area contributed by atoms with Crippen LogP contribution in [0.5, 0.6) is 11.5 Å². The largest absolute Gasteiger partial charge is 0.504 e. The number of hydrogen-bond acceptors (Lipinski definition) is 6. The second-order valence-corrected chi connectivity index (χ2v) is 9.61. The van der Waals surface area contributed by atoms with Gasteiger partial charge in [-0.2, -0.15) is 0 Å². The van der Waals surface area contributed by atoms with Gasteiger partial charge in [0, 0.05) is 37.3 Å². The third-order valence-corrected chi connectivity index (χ3v) is 7.17. The first-order valence-corrected chi connectivity index (χ1v) is 11.9. The number of carbonyl (C=O) groups is 1. The molecule has 30 heavy (non-hydrogen) atoms. The molecule has 2 aromatic rings. The van der Waals surface area contributed by atoms with E-state index in [0.717, 1.165) is 16.3 Å². The second-order valence-electron chi connectivity index (χ2n) is 6.20. The molecule has 0 saturated carbocycles. The van der Waals surface area contributed by atoms with E-state index in [2.05, 4.69) is 67.8 Å². The number of nitrogens with zero attached hydrogens (tertiary/aromatic N) is 2. The van der Waals surface area contributed by atoms with Crippen LogP contribution in [0.4, 0.5) is 11.4 Å². The molecule has 0 aliphatic rings. The van der Waals surface area contributed by atoms with Crippen molar-refractivity contribution in [2.45, 2.75) is 13.5 Å². The molecule has 0 spiro atoms. The quantitative estimate of drug-likeness (QED) is 0.241. The van der Waals surface area contributed by atoms with Crippen LogP contribution in [0.2, 0.25) is 0 Å². The molecule has 0 radical (unpaired) electrons. The first-order valence-electron chi connectivity index (χ1n) is 8.65. The molecule has 0 atom stereocenters. The molecule has 0 heterocycles. The fourth-order valence-electron chi connectivity index (χ4n) is 2.89. The van der Waals surface area contributed by atoms with Crippen molar-refractivity contribution in [3.63, 3.8) is 0 Å². The number of phenolic OH excluding ortho intramolecular Hbond substituents is 2. The molecule has 2 rings (SSSR count). The smallest absolute Gasteiger partial charge is 0.228 e. The highest BCUT2D eigenvalue weighted by Gasteiger charge is 2.26. The monoisotopic (exact) mass is 774 g/mol. The van der Waals surface area contributed by atoms with Gasteiger partial charge in [-0.1, -0.05) is 6.07 Å². The molecule has 0 saturated heterocycles. The lowest BCUT2D eigenvalue weighted by Gasteiger charge is -2.28. The highest BCUT2D eigenvalue weighted by Crippen LogP contribution is 2.43. The molecule has 4 N–H and O–H groups in total. The topological polar surface area (TPSA) is 104 Å². The number of rotatable bonds is 8. The summed E-state index contributed by atoms with van der Waals surface area (Å²) in [5.74, 6) is -0.977. The average molecular weight is 775 g/mol. The SMILES string of the molecule is CC(=O)N(c1cccc(O)c1O)c1c(I)cc(I)c(CN(CCO)CCO)c1I.Cl. The standard InChI is InChI=1S/C19H21I3N2O5.ClH/c1-11(27)24(15-3-2-4-16(28)19(15)29)18-14(21)9-13(20)12(17(18)22)10-23(5-7-25)6-8-26;/h2-4,9,25-26,28-29H,5-8,10H2,1H3;1H. The second kappa shape index (κ2) is 12.8. The van der Waals surface area contributed by atoms with Crippen molar-refractivity contribution in [2.24, 2.45) is 0 Å². The van der Waals surface area contributed by atoms with E-state index in [1.165, 1.54) is 17.9 Å². The zero-order valence-corrected chi connectivity index (χ0v) is 23.3. The Labute approximate surface area is 222 Å². The van der Waals surface area contributed by atoms with Gasteiger partial charge in [-0.15, -0.1) is 12.4 Å². The van der Waals surface area contributed by atoms with Gasteiger partial charge in [-0.25, -0.2) is 0 Å². The molecule has 0 aromatic heterocycles. The maximum absolute atomic E-state index is 12.6. The number of aromatic hydroxyl groups is 2. The summed E-state index contributed by atoms with van der Waals surface area (Å²) < 4.78 is 2.62. The molecule has 7 nitrogen and oxygen atoms in total. The van der Waals surface area contributed by atoms with Crippen LogP contribution >= 0.6 is 80.2 Å². The molecule has 1 amide bonds. The molecular weight excluding hydrogens is 752 g/mol. The summed E-state index contributed by atoms with van der Waals surface area (Å²) in [6, 6.07) is 6.44. The van der Waals surface area contributed by atoms with Gasteiger partial charge in [-0.3, -0.25) is 14.6 Å². The van der Waals surface area contributed by atoms with Crippen LogP contribution in [0.25, 0.3) is 0 Å². The number of para-hydroxylation sites is 1. The van der Waals surface area contributed by atoms with Crippen LogP contribution in [0.3, 0.4) is 0 Å². The van der Waals surface area contributed by atoms with Crippen LogP contribution in [-0.4, -0.2) is 57.5 Å². The fourth-order valence-corrected chi connectivity index (χ4v) is 7.09. The minimum atomic E-state index is -0.364. The van der Waals surface area contributed by atoms with Crippen molar-refractivity contribution in [1.82, 2.24) is 4.90 Å². The summed E-state index contributed by atoms with van der Waals surface area (Å²) in [4.78, 5) is 15.9. The summed E-state index contributed by atoms with van der Waals surface area (Å²) in [5.41, 5.74) is 1.76. The van der Waals surface area contributed by atoms with Crippen molar-refractivity contribution in [2.75, 3.05) is 31.2 Å². The van der Waals surface area contributed by atoms with Gasteiger partial charge in [0.05, 0.1) is 24.6 Å².